The third-order valence-electron chi connectivity index (χ3n) is 2.74. The van der Waals surface area contributed by atoms with Crippen molar-refractivity contribution in [3.05, 3.63) is 64.7 Å². The predicted molar refractivity (Wildman–Crippen MR) is 83.5 cm³/mol. The van der Waals surface area contributed by atoms with Gasteiger partial charge in [0.25, 0.3) is 0 Å². The van der Waals surface area contributed by atoms with Gasteiger partial charge in [-0.05, 0) is 30.7 Å². The van der Waals surface area contributed by atoms with Gasteiger partial charge in [0.05, 0.1) is 19.4 Å². The van der Waals surface area contributed by atoms with Gasteiger partial charge in [0.15, 0.2) is 0 Å². The molecule has 0 spiro atoms. The van der Waals surface area contributed by atoms with Gasteiger partial charge in [0.2, 0.25) is 0 Å². The van der Waals surface area contributed by atoms with Crippen molar-refractivity contribution in [3.8, 4) is 5.75 Å². The van der Waals surface area contributed by atoms with Crippen LogP contribution in [0.2, 0.25) is 5.02 Å². The number of para-hydroxylation sites is 1. The molecule has 0 aliphatic heterocycles. The van der Waals surface area contributed by atoms with E-state index in [-0.39, 0.29) is 0 Å². The lowest BCUT2D eigenvalue weighted by atomic mass is 10.2. The number of halogens is 1. The molecule has 0 amide bonds. The second-order valence-corrected chi connectivity index (χ2v) is 4.56. The highest BCUT2D eigenvalue weighted by atomic mass is 35.5. The van der Waals surface area contributed by atoms with E-state index < -0.39 is 0 Å². The molecule has 2 rings (SSSR count). The van der Waals surface area contributed by atoms with Crippen molar-refractivity contribution in [2.75, 3.05) is 6.61 Å². The zero-order chi connectivity index (χ0) is 14.2. The summed E-state index contributed by atoms with van der Waals surface area (Å²) in [6.45, 7) is 3.19. The van der Waals surface area contributed by atoms with Gasteiger partial charge in [-0.1, -0.05) is 41.9 Å². The van der Waals surface area contributed by atoms with Gasteiger partial charge in [-0.2, -0.15) is 5.10 Å². The van der Waals surface area contributed by atoms with Gasteiger partial charge < -0.3 is 10.2 Å². The second-order valence-electron chi connectivity index (χ2n) is 4.16. The molecule has 0 radical (unpaired) electrons. The zero-order valence-electron chi connectivity index (χ0n) is 11.3. The van der Waals surface area contributed by atoms with Crippen molar-refractivity contribution in [3.63, 3.8) is 0 Å². The maximum Gasteiger partial charge on any atom is 0.128 e. The molecule has 104 valence electrons. The lowest BCUT2D eigenvalue weighted by molar-refractivity contribution is 0.340. The van der Waals surface area contributed by atoms with Crippen LogP contribution in [0, 0.1) is 0 Å². The molecule has 3 nitrogen and oxygen atoms in total. The average Bonchev–Trinajstić information content (AvgIpc) is 2.47. The van der Waals surface area contributed by atoms with E-state index in [1.807, 2.05) is 55.5 Å². The molecule has 0 aliphatic carbocycles. The first-order valence-corrected chi connectivity index (χ1v) is 6.90. The monoisotopic (exact) mass is 288 g/mol. The molecule has 2 aromatic rings. The summed E-state index contributed by atoms with van der Waals surface area (Å²) in [5.74, 6) is 0.832. The fourth-order valence-corrected chi connectivity index (χ4v) is 1.96. The maximum absolute atomic E-state index is 6.07. The smallest absolute Gasteiger partial charge is 0.128 e. The summed E-state index contributed by atoms with van der Waals surface area (Å²) in [7, 11) is 0. The molecular weight excluding hydrogens is 272 g/mol. The Labute approximate surface area is 124 Å². The largest absolute Gasteiger partial charge is 0.493 e. The summed E-state index contributed by atoms with van der Waals surface area (Å²) in [5, 5.41) is 4.95. The van der Waals surface area contributed by atoms with E-state index in [2.05, 4.69) is 10.5 Å². The number of hydrogen-bond acceptors (Lipinski definition) is 3. The SMILES string of the molecule is CCOc1ccccc1/C=N\NCc1ccccc1Cl. The van der Waals surface area contributed by atoms with Crippen molar-refractivity contribution in [1.29, 1.82) is 0 Å². The topological polar surface area (TPSA) is 33.6 Å². The van der Waals surface area contributed by atoms with Gasteiger partial charge in [-0.25, -0.2) is 0 Å². The molecule has 0 aromatic heterocycles. The van der Waals surface area contributed by atoms with Crippen LogP contribution < -0.4 is 10.2 Å². The molecule has 2 aromatic carbocycles. The van der Waals surface area contributed by atoms with E-state index in [0.717, 1.165) is 21.9 Å². The Kier molecular flexibility index (Phi) is 5.44. The summed E-state index contributed by atoms with van der Waals surface area (Å²) >= 11 is 6.07. The first-order chi connectivity index (χ1) is 9.81. The van der Waals surface area contributed by atoms with Crippen LogP contribution in [-0.2, 0) is 6.54 Å². The normalized spacial score (nSPS) is 10.7. The number of hydrazone groups is 1. The number of benzene rings is 2. The van der Waals surface area contributed by atoms with E-state index in [1.165, 1.54) is 0 Å². The summed E-state index contributed by atoms with van der Waals surface area (Å²) < 4.78 is 5.53. The quantitative estimate of drug-likeness (QED) is 0.647. The van der Waals surface area contributed by atoms with Crippen LogP contribution in [-0.4, -0.2) is 12.8 Å². The molecular formula is C16H17ClN2O. The minimum Gasteiger partial charge on any atom is -0.493 e. The molecule has 0 fully saturated rings. The van der Waals surface area contributed by atoms with Crippen molar-refractivity contribution in [2.45, 2.75) is 13.5 Å². The molecule has 20 heavy (non-hydrogen) atoms. The van der Waals surface area contributed by atoms with Crippen LogP contribution in [0.25, 0.3) is 0 Å². The highest BCUT2D eigenvalue weighted by Crippen LogP contribution is 2.16. The van der Waals surface area contributed by atoms with Gasteiger partial charge in [-0.15, -0.1) is 0 Å². The summed E-state index contributed by atoms with van der Waals surface area (Å²) in [5.41, 5.74) is 4.95. The number of hydrogen-bond donors (Lipinski definition) is 1. The average molecular weight is 289 g/mol. The number of nitrogens with one attached hydrogen (secondary N) is 1. The van der Waals surface area contributed by atoms with Crippen molar-refractivity contribution in [2.24, 2.45) is 5.10 Å². The molecule has 0 saturated heterocycles. The molecule has 0 unspecified atom stereocenters. The summed E-state index contributed by atoms with van der Waals surface area (Å²) in [4.78, 5) is 0. The van der Waals surface area contributed by atoms with Crippen LogP contribution in [0.15, 0.2) is 53.6 Å². The van der Waals surface area contributed by atoms with E-state index in [1.54, 1.807) is 6.21 Å². The summed E-state index contributed by atoms with van der Waals surface area (Å²) in [6.07, 6.45) is 1.75. The van der Waals surface area contributed by atoms with Crippen LogP contribution in [0.1, 0.15) is 18.1 Å². The van der Waals surface area contributed by atoms with Crippen LogP contribution in [0.5, 0.6) is 5.75 Å². The Balaban J connectivity index is 1.95. The summed E-state index contributed by atoms with van der Waals surface area (Å²) in [6, 6.07) is 15.5. The Hall–Kier alpha value is -2.00. The van der Waals surface area contributed by atoms with Crippen molar-refractivity contribution in [1.82, 2.24) is 5.43 Å². The van der Waals surface area contributed by atoms with Crippen LogP contribution in [0.3, 0.4) is 0 Å². The Morgan fingerprint density at radius 3 is 2.70 bits per heavy atom. The second kappa shape index (κ2) is 7.56. The van der Waals surface area contributed by atoms with E-state index in [0.29, 0.717) is 13.2 Å². The molecule has 0 atom stereocenters. The first-order valence-electron chi connectivity index (χ1n) is 6.52. The van der Waals surface area contributed by atoms with Gasteiger partial charge in [0, 0.05) is 10.6 Å². The molecule has 0 bridgehead atoms. The predicted octanol–water partition coefficient (Wildman–Crippen LogP) is 3.86. The molecule has 0 heterocycles. The minimum absolute atomic E-state index is 0.590. The van der Waals surface area contributed by atoms with E-state index in [9.17, 15) is 0 Å². The highest BCUT2D eigenvalue weighted by molar-refractivity contribution is 6.31. The fraction of sp³-hybridized carbons (Fsp3) is 0.188. The number of nitrogens with zero attached hydrogens (tertiary/aromatic N) is 1. The van der Waals surface area contributed by atoms with Gasteiger partial charge in [0.1, 0.15) is 5.75 Å². The minimum atomic E-state index is 0.590. The standard InChI is InChI=1S/C16H17ClN2O/c1-2-20-16-10-6-4-8-14(16)12-19-18-11-13-7-3-5-9-15(13)17/h3-10,12,18H,2,11H2,1H3/b19-12-. The molecule has 1 N–H and O–H groups in total. The third kappa shape index (κ3) is 4.00. The lowest BCUT2D eigenvalue weighted by Crippen LogP contribution is -2.06. The Bertz CT molecular complexity index is 584. The first kappa shape index (κ1) is 14.4. The number of rotatable bonds is 6. The highest BCUT2D eigenvalue weighted by Gasteiger charge is 1.99. The zero-order valence-corrected chi connectivity index (χ0v) is 12.1. The fourth-order valence-electron chi connectivity index (χ4n) is 1.76. The van der Waals surface area contributed by atoms with E-state index >= 15 is 0 Å². The maximum atomic E-state index is 6.07. The third-order valence-corrected chi connectivity index (χ3v) is 3.11. The molecule has 4 heteroatoms. The van der Waals surface area contributed by atoms with Crippen LogP contribution >= 0.6 is 11.6 Å². The molecule has 0 aliphatic rings. The van der Waals surface area contributed by atoms with Crippen molar-refractivity contribution >= 4 is 17.8 Å². The van der Waals surface area contributed by atoms with E-state index in [4.69, 9.17) is 16.3 Å². The Morgan fingerprint density at radius 1 is 1.15 bits per heavy atom. The van der Waals surface area contributed by atoms with Crippen molar-refractivity contribution < 1.29 is 4.74 Å². The van der Waals surface area contributed by atoms with Gasteiger partial charge >= 0.3 is 0 Å². The number of ether oxygens (including phenoxy) is 1. The Morgan fingerprint density at radius 2 is 1.90 bits per heavy atom. The lowest BCUT2D eigenvalue weighted by Gasteiger charge is -2.06. The van der Waals surface area contributed by atoms with Crippen LogP contribution in [0.4, 0.5) is 0 Å². The van der Waals surface area contributed by atoms with Gasteiger partial charge in [-0.3, -0.25) is 0 Å². The molecule has 0 saturated carbocycles.